The van der Waals surface area contributed by atoms with Gasteiger partial charge < -0.3 is 4.74 Å². The largest absolute Gasteiger partial charge is 0.461 e. The van der Waals surface area contributed by atoms with Gasteiger partial charge in [-0.3, -0.25) is 15.0 Å². The number of nitro benzene ring substituents is 1. The number of hydrogen-bond acceptors (Lipinski definition) is 7. The molecule has 1 aromatic carbocycles. The average molecular weight is 386 g/mol. The summed E-state index contributed by atoms with van der Waals surface area (Å²) in [5.41, 5.74) is 0.941. The number of anilines is 1. The summed E-state index contributed by atoms with van der Waals surface area (Å²) in [4.78, 5) is 25.8. The Labute approximate surface area is 164 Å². The number of fused-ring (bicyclic) bond motifs is 1. The molecule has 1 saturated carbocycles. The molecule has 2 heterocycles. The van der Waals surface area contributed by atoms with Gasteiger partial charge >= 0.3 is 5.97 Å². The van der Waals surface area contributed by atoms with Crippen molar-refractivity contribution >= 4 is 23.1 Å². The molecule has 0 aromatic heterocycles. The predicted molar refractivity (Wildman–Crippen MR) is 105 cm³/mol. The fourth-order valence-corrected chi connectivity index (χ4v) is 5.01. The van der Waals surface area contributed by atoms with Crippen LogP contribution in [0.3, 0.4) is 0 Å². The van der Waals surface area contributed by atoms with E-state index in [9.17, 15) is 14.9 Å². The molecule has 8 heteroatoms. The van der Waals surface area contributed by atoms with Crippen LogP contribution >= 0.6 is 0 Å². The van der Waals surface area contributed by atoms with Crippen molar-refractivity contribution in [2.45, 2.75) is 51.1 Å². The molecule has 0 radical (unpaired) electrons. The summed E-state index contributed by atoms with van der Waals surface area (Å²) in [5, 5.41) is 17.8. The SMILES string of the molecule is CCOC(=O)C1=NN(c2ccc([N+](=O)[O-])cc2)C2(N3CCCC3)CCCCC12. The normalized spacial score (nSPS) is 27.4. The van der Waals surface area contributed by atoms with Crippen LogP contribution in [0.5, 0.6) is 0 Å². The highest BCUT2D eigenvalue weighted by molar-refractivity contribution is 6.38. The number of carbonyl (C=O) groups excluding carboxylic acids is 1. The van der Waals surface area contributed by atoms with E-state index >= 15 is 0 Å². The van der Waals surface area contributed by atoms with Crippen LogP contribution in [0.4, 0.5) is 11.4 Å². The summed E-state index contributed by atoms with van der Waals surface area (Å²) in [5.74, 6) is -0.351. The molecule has 0 N–H and O–H groups in total. The van der Waals surface area contributed by atoms with Crippen molar-refractivity contribution in [3.8, 4) is 0 Å². The number of hydrazone groups is 1. The van der Waals surface area contributed by atoms with Crippen molar-refractivity contribution in [3.05, 3.63) is 34.4 Å². The second-order valence-electron chi connectivity index (χ2n) is 7.66. The molecule has 4 rings (SSSR count). The average Bonchev–Trinajstić information content (AvgIpc) is 3.35. The van der Waals surface area contributed by atoms with Gasteiger partial charge in [0.05, 0.1) is 17.2 Å². The van der Waals surface area contributed by atoms with E-state index in [2.05, 4.69) is 4.90 Å². The Balaban J connectivity index is 1.79. The van der Waals surface area contributed by atoms with Crippen molar-refractivity contribution < 1.29 is 14.5 Å². The Morgan fingerprint density at radius 3 is 2.61 bits per heavy atom. The van der Waals surface area contributed by atoms with Gasteiger partial charge in [0.25, 0.3) is 5.69 Å². The highest BCUT2D eigenvalue weighted by Gasteiger charge is 2.58. The lowest BCUT2D eigenvalue weighted by Crippen LogP contribution is -2.62. The highest BCUT2D eigenvalue weighted by Crippen LogP contribution is 2.49. The number of nitrogens with zero attached hydrogens (tertiary/aromatic N) is 4. The third kappa shape index (κ3) is 2.96. The molecule has 2 unspecified atom stereocenters. The maximum atomic E-state index is 12.7. The van der Waals surface area contributed by atoms with Crippen LogP contribution in [0.25, 0.3) is 0 Å². The minimum Gasteiger partial charge on any atom is -0.461 e. The van der Waals surface area contributed by atoms with Gasteiger partial charge in [-0.15, -0.1) is 0 Å². The lowest BCUT2D eigenvalue weighted by molar-refractivity contribution is -0.384. The standard InChI is InChI=1S/C20H26N4O4/c1-2-28-19(25)18-17-7-3-4-12-20(17,22-13-5-6-14-22)23(21-18)15-8-10-16(11-9-15)24(26)27/h8-11,17H,2-7,12-14H2,1H3. The molecule has 0 bridgehead atoms. The van der Waals surface area contributed by atoms with Crippen molar-refractivity contribution in [3.63, 3.8) is 0 Å². The molecule has 0 spiro atoms. The first-order chi connectivity index (χ1) is 13.6. The molecule has 1 saturated heterocycles. The Bertz CT molecular complexity index is 788. The number of likely N-dealkylation sites (tertiary alicyclic amines) is 1. The monoisotopic (exact) mass is 386 g/mol. The lowest BCUT2D eigenvalue weighted by Gasteiger charge is -2.50. The quantitative estimate of drug-likeness (QED) is 0.438. The number of ether oxygens (including phenoxy) is 1. The lowest BCUT2D eigenvalue weighted by atomic mass is 9.75. The fourth-order valence-electron chi connectivity index (χ4n) is 5.01. The van der Waals surface area contributed by atoms with E-state index in [4.69, 9.17) is 9.84 Å². The van der Waals surface area contributed by atoms with E-state index < -0.39 is 4.92 Å². The Hall–Kier alpha value is -2.48. The first-order valence-corrected chi connectivity index (χ1v) is 10.1. The fraction of sp³-hybridized carbons (Fsp3) is 0.600. The smallest absolute Gasteiger partial charge is 0.354 e. The summed E-state index contributed by atoms with van der Waals surface area (Å²) < 4.78 is 5.31. The minimum atomic E-state index is -0.402. The molecule has 2 fully saturated rings. The van der Waals surface area contributed by atoms with Gasteiger partial charge in [-0.2, -0.15) is 5.10 Å². The third-order valence-corrected chi connectivity index (χ3v) is 6.19. The zero-order valence-electron chi connectivity index (χ0n) is 16.2. The van der Waals surface area contributed by atoms with Gasteiger partial charge in [0.15, 0.2) is 5.71 Å². The molecule has 3 aliphatic rings. The topological polar surface area (TPSA) is 88.3 Å². The Kier molecular flexibility index (Phi) is 5.05. The molecule has 28 heavy (non-hydrogen) atoms. The molecule has 8 nitrogen and oxygen atoms in total. The van der Waals surface area contributed by atoms with Crippen molar-refractivity contribution in [2.75, 3.05) is 24.7 Å². The van der Waals surface area contributed by atoms with Crippen LogP contribution in [0.2, 0.25) is 0 Å². The maximum Gasteiger partial charge on any atom is 0.354 e. The van der Waals surface area contributed by atoms with Crippen LogP contribution in [0.1, 0.15) is 45.4 Å². The van der Waals surface area contributed by atoms with Crippen LogP contribution in [0, 0.1) is 16.0 Å². The summed E-state index contributed by atoms with van der Waals surface area (Å²) in [6.07, 6.45) is 6.22. The number of hydrogen-bond donors (Lipinski definition) is 0. The molecule has 2 aliphatic heterocycles. The zero-order chi connectivity index (χ0) is 19.7. The Morgan fingerprint density at radius 1 is 1.25 bits per heavy atom. The van der Waals surface area contributed by atoms with Gasteiger partial charge in [0.1, 0.15) is 5.66 Å². The molecular weight excluding hydrogens is 360 g/mol. The first-order valence-electron chi connectivity index (χ1n) is 10.1. The molecule has 0 amide bonds. The molecular formula is C20H26N4O4. The van der Waals surface area contributed by atoms with Crippen LogP contribution in [-0.4, -0.2) is 46.9 Å². The summed E-state index contributed by atoms with van der Waals surface area (Å²) >= 11 is 0. The van der Waals surface area contributed by atoms with Crippen LogP contribution in [-0.2, 0) is 9.53 Å². The van der Waals surface area contributed by atoms with E-state index in [-0.39, 0.29) is 23.2 Å². The summed E-state index contributed by atoms with van der Waals surface area (Å²) in [6.45, 7) is 4.08. The number of esters is 1. The third-order valence-electron chi connectivity index (χ3n) is 6.19. The minimum absolute atomic E-state index is 0.00593. The maximum absolute atomic E-state index is 12.7. The highest BCUT2D eigenvalue weighted by atomic mass is 16.6. The molecule has 1 aromatic rings. The predicted octanol–water partition coefficient (Wildman–Crippen LogP) is 3.32. The van der Waals surface area contributed by atoms with E-state index in [0.29, 0.717) is 12.3 Å². The number of carbonyl (C=O) groups is 1. The summed E-state index contributed by atoms with van der Waals surface area (Å²) in [6, 6.07) is 6.48. The van der Waals surface area contributed by atoms with Crippen molar-refractivity contribution in [2.24, 2.45) is 11.0 Å². The van der Waals surface area contributed by atoms with E-state index in [0.717, 1.165) is 57.3 Å². The number of non-ortho nitro benzene ring substituents is 1. The van der Waals surface area contributed by atoms with Gasteiger partial charge in [-0.1, -0.05) is 6.42 Å². The summed E-state index contributed by atoms with van der Waals surface area (Å²) in [7, 11) is 0. The zero-order valence-corrected chi connectivity index (χ0v) is 16.2. The first kappa shape index (κ1) is 18.9. The number of rotatable bonds is 5. The van der Waals surface area contributed by atoms with Gasteiger partial charge in [-0.25, -0.2) is 9.80 Å². The van der Waals surface area contributed by atoms with Gasteiger partial charge in [0.2, 0.25) is 0 Å². The molecule has 2 atom stereocenters. The molecule has 150 valence electrons. The van der Waals surface area contributed by atoms with Crippen molar-refractivity contribution in [1.29, 1.82) is 0 Å². The van der Waals surface area contributed by atoms with Gasteiger partial charge in [0, 0.05) is 31.1 Å². The number of benzene rings is 1. The van der Waals surface area contributed by atoms with Gasteiger partial charge in [-0.05, 0) is 51.2 Å². The van der Waals surface area contributed by atoms with Crippen LogP contribution in [0.15, 0.2) is 29.4 Å². The number of nitro groups is 1. The Morgan fingerprint density at radius 2 is 1.96 bits per heavy atom. The van der Waals surface area contributed by atoms with Crippen LogP contribution < -0.4 is 5.01 Å². The van der Waals surface area contributed by atoms with Crippen molar-refractivity contribution in [1.82, 2.24) is 4.90 Å². The van der Waals surface area contributed by atoms with E-state index in [1.807, 2.05) is 5.01 Å². The molecule has 1 aliphatic carbocycles. The van der Waals surface area contributed by atoms with E-state index in [1.165, 1.54) is 12.1 Å². The van der Waals surface area contributed by atoms with E-state index in [1.54, 1.807) is 19.1 Å². The second kappa shape index (κ2) is 7.50. The second-order valence-corrected chi connectivity index (χ2v) is 7.66.